The molecule has 0 aromatic heterocycles. The fraction of sp³-hybridized carbons (Fsp3) is 0.714. The molecule has 2 aliphatic carbocycles. The largest absolute Gasteiger partial charge is 0.295 e. The first kappa shape index (κ1) is 12.1. The van der Waals surface area contributed by atoms with E-state index in [1.165, 1.54) is 4.90 Å². The van der Waals surface area contributed by atoms with Crippen molar-refractivity contribution in [3.8, 4) is 0 Å². The van der Waals surface area contributed by atoms with Crippen LogP contribution in [0.25, 0.3) is 0 Å². The minimum atomic E-state index is -0.780. The minimum Gasteiger partial charge on any atom is -0.295 e. The highest BCUT2D eigenvalue weighted by Crippen LogP contribution is 2.56. The molecule has 4 amide bonds. The van der Waals surface area contributed by atoms with Gasteiger partial charge in [-0.15, -0.1) is 0 Å². The summed E-state index contributed by atoms with van der Waals surface area (Å²) in [5.74, 6) is -0.956. The molecule has 0 aromatic carbocycles. The van der Waals surface area contributed by atoms with Crippen LogP contribution in [0.3, 0.4) is 0 Å². The Balaban J connectivity index is 1.64. The topological polar surface area (TPSA) is 83.6 Å². The lowest BCUT2D eigenvalue weighted by Gasteiger charge is -2.29. The van der Waals surface area contributed by atoms with E-state index < -0.39 is 11.9 Å². The van der Waals surface area contributed by atoms with Crippen LogP contribution in [0.1, 0.15) is 32.1 Å². The first-order valence-electron chi connectivity index (χ1n) is 7.28. The lowest BCUT2D eigenvalue weighted by atomic mass is 9.81. The summed E-state index contributed by atoms with van der Waals surface area (Å²) < 4.78 is 0. The molecular weight excluding hydrogens is 260 g/mol. The van der Waals surface area contributed by atoms with Crippen molar-refractivity contribution in [3.05, 3.63) is 0 Å². The van der Waals surface area contributed by atoms with Crippen molar-refractivity contribution in [1.82, 2.24) is 10.2 Å². The Morgan fingerprint density at radius 1 is 0.900 bits per heavy atom. The number of hydrogen-bond donors (Lipinski definition) is 1. The Morgan fingerprint density at radius 3 is 2.05 bits per heavy atom. The van der Waals surface area contributed by atoms with E-state index in [0.29, 0.717) is 11.8 Å². The highest BCUT2D eigenvalue weighted by Gasteiger charge is 2.62. The first-order chi connectivity index (χ1) is 9.58. The van der Waals surface area contributed by atoms with Crippen LogP contribution in [0.2, 0.25) is 0 Å². The molecule has 0 unspecified atom stereocenters. The average Bonchev–Trinajstić information content (AvgIpc) is 3.06. The van der Waals surface area contributed by atoms with Gasteiger partial charge in [0.2, 0.25) is 23.6 Å². The molecule has 2 bridgehead atoms. The van der Waals surface area contributed by atoms with Gasteiger partial charge in [-0.2, -0.15) is 0 Å². The summed E-state index contributed by atoms with van der Waals surface area (Å²) in [6.45, 7) is 0. The molecule has 6 nitrogen and oxygen atoms in total. The third-order valence-electron chi connectivity index (χ3n) is 5.48. The number of piperidine rings is 1. The summed E-state index contributed by atoms with van der Waals surface area (Å²) in [7, 11) is 0. The lowest BCUT2D eigenvalue weighted by molar-refractivity contribution is -0.152. The summed E-state index contributed by atoms with van der Waals surface area (Å²) in [5.41, 5.74) is 0. The molecule has 4 fully saturated rings. The maximum atomic E-state index is 12.6. The Morgan fingerprint density at radius 2 is 1.50 bits per heavy atom. The van der Waals surface area contributed by atoms with Crippen LogP contribution in [-0.4, -0.2) is 34.6 Å². The van der Waals surface area contributed by atoms with Gasteiger partial charge in [0.05, 0.1) is 11.8 Å². The van der Waals surface area contributed by atoms with E-state index in [9.17, 15) is 19.2 Å². The highest BCUT2D eigenvalue weighted by molar-refractivity contribution is 6.11. The summed E-state index contributed by atoms with van der Waals surface area (Å²) >= 11 is 0. The second kappa shape index (κ2) is 3.90. The van der Waals surface area contributed by atoms with Crippen molar-refractivity contribution >= 4 is 23.6 Å². The number of nitrogens with one attached hydrogen (secondary N) is 1. The van der Waals surface area contributed by atoms with Crippen molar-refractivity contribution in [3.63, 3.8) is 0 Å². The van der Waals surface area contributed by atoms with Gasteiger partial charge in [0.25, 0.3) is 0 Å². The summed E-state index contributed by atoms with van der Waals surface area (Å²) in [4.78, 5) is 49.4. The molecule has 0 aromatic rings. The van der Waals surface area contributed by atoms with E-state index in [-0.39, 0.29) is 42.4 Å². The molecule has 6 heteroatoms. The first-order valence-corrected chi connectivity index (χ1v) is 7.28. The van der Waals surface area contributed by atoms with Crippen LogP contribution < -0.4 is 5.32 Å². The van der Waals surface area contributed by atoms with E-state index in [1.54, 1.807) is 0 Å². The van der Waals surface area contributed by atoms with Crippen molar-refractivity contribution in [1.29, 1.82) is 0 Å². The molecule has 2 saturated heterocycles. The summed E-state index contributed by atoms with van der Waals surface area (Å²) in [6.07, 6.45) is 3.48. The molecule has 2 heterocycles. The molecule has 2 saturated carbocycles. The molecule has 5 atom stereocenters. The van der Waals surface area contributed by atoms with Crippen LogP contribution in [0.15, 0.2) is 0 Å². The number of carbonyl (C=O) groups excluding carboxylic acids is 4. The van der Waals surface area contributed by atoms with Crippen LogP contribution in [-0.2, 0) is 19.2 Å². The summed E-state index contributed by atoms with van der Waals surface area (Å²) in [6, 6.07) is -0.780. The normalized spacial score (nSPS) is 43.2. The van der Waals surface area contributed by atoms with Crippen LogP contribution in [0.4, 0.5) is 0 Å². The van der Waals surface area contributed by atoms with Gasteiger partial charge in [0.1, 0.15) is 6.04 Å². The van der Waals surface area contributed by atoms with Crippen LogP contribution in [0.5, 0.6) is 0 Å². The molecular formula is C14H16N2O4. The van der Waals surface area contributed by atoms with Crippen molar-refractivity contribution in [2.45, 2.75) is 38.1 Å². The van der Waals surface area contributed by atoms with Gasteiger partial charge < -0.3 is 0 Å². The SMILES string of the molecule is O=C1CC[C@@H](N2C(=O)[C@@H]3[C@@H]4CC[C@@H](C4)[C@@H]3C2=O)C(=O)N1. The third kappa shape index (κ3) is 1.39. The smallest absolute Gasteiger partial charge is 0.249 e. The molecule has 1 N–H and O–H groups in total. The number of rotatable bonds is 1. The molecule has 4 rings (SSSR count). The fourth-order valence-electron chi connectivity index (χ4n) is 4.67. The van der Waals surface area contributed by atoms with Gasteiger partial charge in [0, 0.05) is 6.42 Å². The predicted molar refractivity (Wildman–Crippen MR) is 65.8 cm³/mol. The van der Waals surface area contributed by atoms with Gasteiger partial charge in [-0.3, -0.25) is 29.4 Å². The van der Waals surface area contributed by atoms with Gasteiger partial charge in [-0.05, 0) is 37.5 Å². The Labute approximate surface area is 115 Å². The number of carbonyl (C=O) groups is 4. The Bertz CT molecular complexity index is 515. The van der Waals surface area contributed by atoms with E-state index in [0.717, 1.165) is 19.3 Å². The quantitative estimate of drug-likeness (QED) is 0.674. The predicted octanol–water partition coefficient (Wildman–Crippen LogP) is -0.177. The van der Waals surface area contributed by atoms with Crippen molar-refractivity contribution in [2.24, 2.45) is 23.7 Å². The number of fused-ring (bicyclic) bond motifs is 5. The molecule has 106 valence electrons. The monoisotopic (exact) mass is 276 g/mol. The van der Waals surface area contributed by atoms with Gasteiger partial charge in [0.15, 0.2) is 0 Å². The lowest BCUT2D eigenvalue weighted by Crippen LogP contribution is -2.54. The van der Waals surface area contributed by atoms with Crippen LogP contribution >= 0.6 is 0 Å². The molecule has 0 spiro atoms. The number of hydrogen-bond acceptors (Lipinski definition) is 4. The zero-order valence-electron chi connectivity index (χ0n) is 11.0. The number of amides is 4. The van der Waals surface area contributed by atoms with E-state index in [1.807, 2.05) is 0 Å². The maximum Gasteiger partial charge on any atom is 0.249 e. The van der Waals surface area contributed by atoms with E-state index >= 15 is 0 Å². The van der Waals surface area contributed by atoms with Crippen molar-refractivity contribution < 1.29 is 19.2 Å². The minimum absolute atomic E-state index is 0.179. The zero-order chi connectivity index (χ0) is 14.0. The summed E-state index contributed by atoms with van der Waals surface area (Å²) in [5, 5.41) is 2.23. The molecule has 20 heavy (non-hydrogen) atoms. The third-order valence-corrected chi connectivity index (χ3v) is 5.48. The number of imide groups is 2. The number of nitrogens with zero attached hydrogens (tertiary/aromatic N) is 1. The standard InChI is InChI=1S/C14H16N2O4/c17-9-4-3-8(12(18)15-9)16-13(19)10-6-1-2-7(5-6)11(10)14(16)20/h6-8,10-11H,1-5H2,(H,15,17,18)/t6-,7+,8-,10-,11+/m1/s1. The Kier molecular flexibility index (Phi) is 2.35. The second-order valence-electron chi connectivity index (χ2n) is 6.40. The zero-order valence-corrected chi connectivity index (χ0v) is 11.0. The van der Waals surface area contributed by atoms with Crippen molar-refractivity contribution in [2.75, 3.05) is 0 Å². The fourth-order valence-corrected chi connectivity index (χ4v) is 4.67. The van der Waals surface area contributed by atoms with E-state index in [4.69, 9.17) is 0 Å². The number of likely N-dealkylation sites (tertiary alicyclic amines) is 1. The average molecular weight is 276 g/mol. The highest BCUT2D eigenvalue weighted by atomic mass is 16.2. The Hall–Kier alpha value is -1.72. The second-order valence-corrected chi connectivity index (χ2v) is 6.40. The molecule has 2 aliphatic heterocycles. The van der Waals surface area contributed by atoms with E-state index in [2.05, 4.69) is 5.32 Å². The van der Waals surface area contributed by atoms with Crippen LogP contribution in [0, 0.1) is 23.7 Å². The van der Waals surface area contributed by atoms with Gasteiger partial charge >= 0.3 is 0 Å². The van der Waals surface area contributed by atoms with Gasteiger partial charge in [-0.1, -0.05) is 0 Å². The molecule has 4 aliphatic rings. The van der Waals surface area contributed by atoms with Gasteiger partial charge in [-0.25, -0.2) is 0 Å². The molecule has 0 radical (unpaired) electrons. The maximum absolute atomic E-state index is 12.6.